The molecule has 1 N–H and O–H groups in total. The van der Waals surface area contributed by atoms with E-state index in [0.29, 0.717) is 25.2 Å². The highest BCUT2D eigenvalue weighted by atomic mass is 32.2. The second kappa shape index (κ2) is 7.25. The monoisotopic (exact) mass is 368 g/mol. The van der Waals surface area contributed by atoms with E-state index in [0.717, 1.165) is 13.0 Å². The van der Waals surface area contributed by atoms with E-state index in [1.54, 1.807) is 11.0 Å². The van der Waals surface area contributed by atoms with Crippen molar-refractivity contribution in [3.05, 3.63) is 28.2 Å². The summed E-state index contributed by atoms with van der Waals surface area (Å²) >= 11 is 0. The van der Waals surface area contributed by atoms with Gasteiger partial charge in [-0.1, -0.05) is 6.92 Å². The topological polar surface area (TPSA) is 103 Å². The molecule has 0 spiro atoms. The predicted octanol–water partition coefficient (Wildman–Crippen LogP) is -0.578. The van der Waals surface area contributed by atoms with Gasteiger partial charge in [0.1, 0.15) is 0 Å². The van der Waals surface area contributed by atoms with Crippen molar-refractivity contribution in [3.63, 3.8) is 0 Å². The predicted molar refractivity (Wildman–Crippen MR) is 93.0 cm³/mol. The van der Waals surface area contributed by atoms with Crippen molar-refractivity contribution in [1.82, 2.24) is 20.0 Å². The lowest BCUT2D eigenvalue weighted by Gasteiger charge is -2.44. The zero-order chi connectivity index (χ0) is 18.0. The van der Waals surface area contributed by atoms with Crippen LogP contribution in [0.25, 0.3) is 0 Å². The highest BCUT2D eigenvalue weighted by Crippen LogP contribution is 2.27. The Kier molecular flexibility index (Phi) is 5.24. The van der Waals surface area contributed by atoms with Crippen LogP contribution in [0.3, 0.4) is 0 Å². The largest absolute Gasteiger partial charge is 0.336 e. The molecule has 8 nitrogen and oxygen atoms in total. The van der Waals surface area contributed by atoms with Gasteiger partial charge in [-0.3, -0.25) is 14.5 Å². The quantitative estimate of drug-likeness (QED) is 0.746. The summed E-state index contributed by atoms with van der Waals surface area (Å²) in [6, 6.07) is 2.65. The molecule has 3 rings (SSSR count). The molecule has 1 amide bonds. The molecule has 1 aromatic rings. The van der Waals surface area contributed by atoms with E-state index in [9.17, 15) is 18.0 Å². The van der Waals surface area contributed by atoms with E-state index in [-0.39, 0.29) is 41.5 Å². The number of aryl methyl sites for hydroxylation is 1. The smallest absolute Gasteiger partial charge is 0.264 e. The SMILES string of the molecule is CCCN1CCN(C(=O)CCc2ccc(=O)[nH]n2)[C@@H]2CS(=O)(=O)C[C@@H]21. The summed E-state index contributed by atoms with van der Waals surface area (Å²) in [6.07, 6.45) is 1.65. The number of sulfone groups is 1. The molecule has 0 radical (unpaired) electrons. The highest BCUT2D eigenvalue weighted by molar-refractivity contribution is 7.91. The fraction of sp³-hybridized carbons (Fsp3) is 0.688. The molecule has 0 aliphatic carbocycles. The van der Waals surface area contributed by atoms with E-state index in [1.165, 1.54) is 6.07 Å². The average Bonchev–Trinajstić information content (AvgIpc) is 2.90. The van der Waals surface area contributed by atoms with Crippen LogP contribution in [-0.2, 0) is 21.1 Å². The Labute approximate surface area is 147 Å². The van der Waals surface area contributed by atoms with Crippen molar-refractivity contribution >= 4 is 15.7 Å². The lowest BCUT2D eigenvalue weighted by molar-refractivity contribution is -0.136. The van der Waals surface area contributed by atoms with E-state index < -0.39 is 9.84 Å². The fourth-order valence-corrected chi connectivity index (χ4v) is 5.80. The standard InChI is InChI=1S/C16H24N4O4S/c1-2-7-19-8-9-20(14-11-25(23,24)10-13(14)19)16(22)6-4-12-3-5-15(21)18-17-12/h3,5,13-14H,2,4,6-11H2,1H3,(H,18,21)/t13-,14+/m0/s1. The minimum Gasteiger partial charge on any atom is -0.336 e. The summed E-state index contributed by atoms with van der Waals surface area (Å²) in [5, 5.41) is 6.26. The van der Waals surface area contributed by atoms with Crippen molar-refractivity contribution < 1.29 is 13.2 Å². The fourth-order valence-electron chi connectivity index (χ4n) is 3.79. The maximum Gasteiger partial charge on any atom is 0.264 e. The van der Waals surface area contributed by atoms with Crippen LogP contribution in [0.1, 0.15) is 25.5 Å². The molecule has 25 heavy (non-hydrogen) atoms. The van der Waals surface area contributed by atoms with Crippen LogP contribution >= 0.6 is 0 Å². The third kappa shape index (κ3) is 4.09. The van der Waals surface area contributed by atoms with Gasteiger partial charge in [0, 0.05) is 38.0 Å². The average molecular weight is 368 g/mol. The number of carbonyl (C=O) groups excluding carboxylic acids is 1. The number of aromatic nitrogens is 2. The van der Waals surface area contributed by atoms with Crippen molar-refractivity contribution in [2.45, 2.75) is 38.3 Å². The van der Waals surface area contributed by atoms with Crippen LogP contribution in [0.2, 0.25) is 0 Å². The maximum atomic E-state index is 12.7. The lowest BCUT2D eigenvalue weighted by atomic mass is 10.0. The number of piperazine rings is 1. The van der Waals surface area contributed by atoms with Crippen LogP contribution in [0.15, 0.2) is 16.9 Å². The molecular formula is C16H24N4O4S. The molecule has 2 fully saturated rings. The van der Waals surface area contributed by atoms with Gasteiger partial charge in [-0.2, -0.15) is 5.10 Å². The van der Waals surface area contributed by atoms with Crippen molar-refractivity contribution in [3.8, 4) is 0 Å². The number of H-pyrrole nitrogens is 1. The van der Waals surface area contributed by atoms with E-state index >= 15 is 0 Å². The Balaban J connectivity index is 1.67. The highest BCUT2D eigenvalue weighted by Gasteiger charge is 2.47. The Morgan fingerprint density at radius 2 is 2.04 bits per heavy atom. The number of hydrogen-bond acceptors (Lipinski definition) is 6. The minimum atomic E-state index is -3.11. The Morgan fingerprint density at radius 3 is 2.72 bits per heavy atom. The van der Waals surface area contributed by atoms with Crippen LogP contribution in [0.4, 0.5) is 0 Å². The van der Waals surface area contributed by atoms with Gasteiger partial charge in [0.25, 0.3) is 5.56 Å². The normalized spacial score (nSPS) is 25.7. The molecule has 9 heteroatoms. The van der Waals surface area contributed by atoms with Gasteiger partial charge in [-0.25, -0.2) is 13.5 Å². The molecule has 138 valence electrons. The number of carbonyl (C=O) groups is 1. The first-order valence-corrected chi connectivity index (χ1v) is 10.5. The first-order chi connectivity index (χ1) is 11.9. The zero-order valence-corrected chi connectivity index (χ0v) is 15.2. The molecule has 0 unspecified atom stereocenters. The van der Waals surface area contributed by atoms with Gasteiger partial charge in [0.15, 0.2) is 9.84 Å². The molecule has 0 bridgehead atoms. The third-order valence-electron chi connectivity index (χ3n) is 4.95. The summed E-state index contributed by atoms with van der Waals surface area (Å²) in [6.45, 7) is 4.22. The van der Waals surface area contributed by atoms with Gasteiger partial charge < -0.3 is 4.90 Å². The summed E-state index contributed by atoms with van der Waals surface area (Å²) in [5.74, 6) is 0.153. The second-order valence-electron chi connectivity index (χ2n) is 6.75. The van der Waals surface area contributed by atoms with E-state index in [1.807, 2.05) is 0 Å². The maximum absolute atomic E-state index is 12.7. The molecule has 2 aliphatic heterocycles. The first kappa shape index (κ1) is 18.1. The van der Waals surface area contributed by atoms with Gasteiger partial charge in [0.05, 0.1) is 23.2 Å². The number of hydrogen-bond donors (Lipinski definition) is 1. The number of amides is 1. The number of nitrogens with zero attached hydrogens (tertiary/aromatic N) is 3. The summed E-state index contributed by atoms with van der Waals surface area (Å²) < 4.78 is 24.2. The van der Waals surface area contributed by atoms with E-state index in [2.05, 4.69) is 22.0 Å². The third-order valence-corrected chi connectivity index (χ3v) is 6.65. The lowest BCUT2D eigenvalue weighted by Crippen LogP contribution is -2.60. The van der Waals surface area contributed by atoms with Gasteiger partial charge in [0.2, 0.25) is 5.91 Å². The van der Waals surface area contributed by atoms with Crippen molar-refractivity contribution in [2.75, 3.05) is 31.1 Å². The van der Waals surface area contributed by atoms with Gasteiger partial charge in [-0.05, 0) is 19.0 Å². The molecule has 2 atom stereocenters. The molecular weight excluding hydrogens is 344 g/mol. The van der Waals surface area contributed by atoms with Gasteiger partial charge in [-0.15, -0.1) is 0 Å². The Hall–Kier alpha value is -1.74. The van der Waals surface area contributed by atoms with E-state index in [4.69, 9.17) is 0 Å². The van der Waals surface area contributed by atoms with Gasteiger partial charge >= 0.3 is 0 Å². The van der Waals surface area contributed by atoms with Crippen LogP contribution in [-0.4, -0.2) is 77.5 Å². The van der Waals surface area contributed by atoms with Crippen LogP contribution < -0.4 is 5.56 Å². The number of rotatable bonds is 5. The molecule has 0 saturated carbocycles. The Morgan fingerprint density at radius 1 is 1.28 bits per heavy atom. The number of nitrogens with one attached hydrogen (secondary N) is 1. The van der Waals surface area contributed by atoms with Crippen molar-refractivity contribution in [2.24, 2.45) is 0 Å². The second-order valence-corrected chi connectivity index (χ2v) is 8.90. The summed E-state index contributed by atoms with van der Waals surface area (Å²) in [7, 11) is -3.11. The first-order valence-electron chi connectivity index (χ1n) is 8.68. The molecule has 0 aromatic carbocycles. The Bertz CT molecular complexity index is 771. The number of aromatic amines is 1. The molecule has 2 aliphatic rings. The van der Waals surface area contributed by atoms with Crippen molar-refractivity contribution in [1.29, 1.82) is 0 Å². The van der Waals surface area contributed by atoms with Crippen LogP contribution in [0, 0.1) is 0 Å². The molecule has 3 heterocycles. The summed E-state index contributed by atoms with van der Waals surface area (Å²) in [4.78, 5) is 27.6. The van der Waals surface area contributed by atoms with Crippen LogP contribution in [0.5, 0.6) is 0 Å². The molecule has 2 saturated heterocycles. The molecule has 1 aromatic heterocycles. The summed E-state index contributed by atoms with van der Waals surface area (Å²) in [5.41, 5.74) is 0.370. The minimum absolute atomic E-state index is 0.0451. The number of fused-ring (bicyclic) bond motifs is 1. The zero-order valence-electron chi connectivity index (χ0n) is 14.3.